The summed E-state index contributed by atoms with van der Waals surface area (Å²) in [5.41, 5.74) is -0.678. The van der Waals surface area contributed by atoms with Gasteiger partial charge in [0.15, 0.2) is 0 Å². The Hall–Kier alpha value is 0.600. The third-order valence-corrected chi connectivity index (χ3v) is 11.2. The highest BCUT2D eigenvalue weighted by molar-refractivity contribution is 7.70. The van der Waals surface area contributed by atoms with Gasteiger partial charge in [0.05, 0.1) is 6.16 Å². The van der Waals surface area contributed by atoms with Crippen LogP contribution in [0.4, 0.5) is 0 Å². The van der Waals surface area contributed by atoms with Gasteiger partial charge >= 0.3 is 31.1 Å². The molecule has 0 saturated carbocycles. The Morgan fingerprint density at radius 1 is 0.677 bits per heavy atom. The van der Waals surface area contributed by atoms with Crippen molar-refractivity contribution in [3.8, 4) is 0 Å². The molecule has 5 atom stereocenters. The van der Waals surface area contributed by atoms with Crippen LogP contribution in [0.1, 0.15) is 78.6 Å². The lowest BCUT2D eigenvalue weighted by Crippen LogP contribution is -2.22. The van der Waals surface area contributed by atoms with Crippen molar-refractivity contribution < 1.29 is 55.3 Å². The Labute approximate surface area is 184 Å². The highest BCUT2D eigenvalue weighted by Gasteiger charge is 2.46. The summed E-state index contributed by atoms with van der Waals surface area (Å²) in [6.07, 6.45) is 7.24. The van der Waals surface area contributed by atoms with Crippen molar-refractivity contribution >= 4 is 31.1 Å². The minimum Gasteiger partial charge on any atom is -0.324 e. The number of phosphoric ester groups is 1. The standard InChI is InChI=1S/C15H36O12P4/c1-5-7-9-10-11-13-15(3,12-8-6-2)14-28(16,17)25-30(20,21)27-31(22,23)26-29(18,19)24-4/h5-14H2,1-4H3,(H,16,17)(H,18,19)(H,20,21)(H,22,23). The second-order valence-corrected chi connectivity index (χ2v) is 14.4. The van der Waals surface area contributed by atoms with E-state index < -0.39 is 42.6 Å². The van der Waals surface area contributed by atoms with E-state index in [0.717, 1.165) is 44.9 Å². The zero-order valence-corrected chi connectivity index (χ0v) is 22.0. The molecule has 0 amide bonds. The van der Waals surface area contributed by atoms with Gasteiger partial charge in [-0.25, -0.2) is 18.0 Å². The predicted molar refractivity (Wildman–Crippen MR) is 115 cm³/mol. The maximum absolute atomic E-state index is 12.6. The molecule has 0 rings (SSSR count). The van der Waals surface area contributed by atoms with Crippen LogP contribution in [0.2, 0.25) is 0 Å². The van der Waals surface area contributed by atoms with E-state index in [4.69, 9.17) is 4.89 Å². The minimum absolute atomic E-state index is 0.477. The van der Waals surface area contributed by atoms with Gasteiger partial charge in [-0.2, -0.15) is 8.62 Å². The minimum atomic E-state index is -5.64. The van der Waals surface area contributed by atoms with E-state index >= 15 is 0 Å². The summed E-state index contributed by atoms with van der Waals surface area (Å²) in [6, 6.07) is 0. The molecule has 0 spiro atoms. The zero-order chi connectivity index (χ0) is 24.4. The normalized spacial score (nSPS) is 21.9. The first-order valence-electron chi connectivity index (χ1n) is 10.0. The Balaban J connectivity index is 5.20. The fourth-order valence-electron chi connectivity index (χ4n) is 3.04. The molecule has 31 heavy (non-hydrogen) atoms. The van der Waals surface area contributed by atoms with Gasteiger partial charge in [0.25, 0.3) is 0 Å². The summed E-state index contributed by atoms with van der Waals surface area (Å²) < 4.78 is 63.3. The molecule has 0 aromatic rings. The second kappa shape index (κ2) is 13.5. The first-order chi connectivity index (χ1) is 14.0. The monoisotopic (exact) mass is 532 g/mol. The van der Waals surface area contributed by atoms with Crippen molar-refractivity contribution in [2.24, 2.45) is 5.41 Å². The van der Waals surface area contributed by atoms with Crippen molar-refractivity contribution in [1.29, 1.82) is 0 Å². The largest absolute Gasteiger partial charge is 0.490 e. The molecule has 188 valence electrons. The summed E-state index contributed by atoms with van der Waals surface area (Å²) in [5.74, 6) is 0. The molecule has 4 N–H and O–H groups in total. The van der Waals surface area contributed by atoms with Gasteiger partial charge in [0.2, 0.25) is 0 Å². The molecule has 5 unspecified atom stereocenters. The van der Waals surface area contributed by atoms with Gasteiger partial charge in [-0.3, -0.25) is 9.09 Å². The summed E-state index contributed by atoms with van der Waals surface area (Å²) in [4.78, 5) is 38.2. The van der Waals surface area contributed by atoms with Crippen LogP contribution in [0.3, 0.4) is 0 Å². The number of phosphoric acid groups is 3. The fraction of sp³-hybridized carbons (Fsp3) is 1.00. The summed E-state index contributed by atoms with van der Waals surface area (Å²) in [5, 5.41) is 0. The third-order valence-electron chi connectivity index (χ3n) is 4.47. The van der Waals surface area contributed by atoms with Crippen molar-refractivity contribution in [2.75, 3.05) is 13.3 Å². The molecular formula is C15H36O12P4. The Kier molecular flexibility index (Phi) is 13.7. The quantitative estimate of drug-likeness (QED) is 0.124. The molecule has 12 nitrogen and oxygen atoms in total. The van der Waals surface area contributed by atoms with Crippen LogP contribution in [-0.4, -0.2) is 32.8 Å². The summed E-state index contributed by atoms with van der Waals surface area (Å²) in [7, 11) is -20.4. The van der Waals surface area contributed by atoms with Crippen LogP contribution < -0.4 is 0 Å². The van der Waals surface area contributed by atoms with Gasteiger partial charge in [0, 0.05) is 7.11 Å². The van der Waals surface area contributed by atoms with Crippen molar-refractivity contribution in [1.82, 2.24) is 0 Å². The van der Waals surface area contributed by atoms with Gasteiger partial charge in [-0.05, 0) is 18.3 Å². The van der Waals surface area contributed by atoms with E-state index in [1.54, 1.807) is 6.92 Å². The number of unbranched alkanes of at least 4 members (excludes halogenated alkanes) is 5. The lowest BCUT2D eigenvalue weighted by molar-refractivity contribution is 0.189. The lowest BCUT2D eigenvalue weighted by Gasteiger charge is -2.31. The molecule has 0 aromatic heterocycles. The molecule has 0 aliphatic rings. The number of hydrogen-bond acceptors (Lipinski definition) is 8. The lowest BCUT2D eigenvalue weighted by atomic mass is 9.82. The van der Waals surface area contributed by atoms with E-state index in [1.807, 2.05) is 6.92 Å². The Bertz CT molecular complexity index is 729. The Morgan fingerprint density at radius 3 is 1.65 bits per heavy atom. The van der Waals surface area contributed by atoms with Gasteiger partial charge in [0.1, 0.15) is 0 Å². The van der Waals surface area contributed by atoms with Crippen molar-refractivity contribution in [3.63, 3.8) is 0 Å². The third kappa shape index (κ3) is 15.2. The predicted octanol–water partition coefficient (Wildman–Crippen LogP) is 5.73. The topological polar surface area (TPSA) is 186 Å². The summed E-state index contributed by atoms with van der Waals surface area (Å²) in [6.45, 7) is 5.83. The van der Waals surface area contributed by atoms with E-state index in [2.05, 4.69) is 24.4 Å². The molecule has 0 heterocycles. The summed E-state index contributed by atoms with van der Waals surface area (Å²) >= 11 is 0. The van der Waals surface area contributed by atoms with Crippen LogP contribution in [0.25, 0.3) is 0 Å². The molecule has 0 aliphatic heterocycles. The molecule has 16 heteroatoms. The van der Waals surface area contributed by atoms with Gasteiger partial charge in [-0.15, -0.1) is 0 Å². The van der Waals surface area contributed by atoms with Crippen LogP contribution in [0.5, 0.6) is 0 Å². The van der Waals surface area contributed by atoms with Gasteiger partial charge in [-0.1, -0.05) is 65.7 Å². The highest BCUT2D eigenvalue weighted by Crippen LogP contribution is 2.71. The first kappa shape index (κ1) is 31.6. The Morgan fingerprint density at radius 2 is 1.13 bits per heavy atom. The van der Waals surface area contributed by atoms with Crippen LogP contribution in [0, 0.1) is 5.41 Å². The van der Waals surface area contributed by atoms with Crippen LogP contribution >= 0.6 is 31.1 Å². The van der Waals surface area contributed by atoms with E-state index in [1.165, 1.54) is 0 Å². The smallest absolute Gasteiger partial charge is 0.324 e. The van der Waals surface area contributed by atoms with Crippen molar-refractivity contribution in [2.45, 2.75) is 78.6 Å². The highest BCUT2D eigenvalue weighted by atomic mass is 31.3. The van der Waals surface area contributed by atoms with E-state index in [-0.39, 0.29) is 0 Å². The van der Waals surface area contributed by atoms with Crippen LogP contribution in [-0.2, 0) is 35.7 Å². The molecule has 0 fully saturated rings. The maximum atomic E-state index is 12.6. The average Bonchev–Trinajstić information content (AvgIpc) is 2.56. The molecule has 0 aromatic carbocycles. The molecule has 0 bridgehead atoms. The molecule has 0 radical (unpaired) electrons. The second-order valence-electron chi connectivity index (χ2n) is 7.71. The molecule has 0 saturated heterocycles. The number of hydrogen-bond donors (Lipinski definition) is 4. The SMILES string of the molecule is CCCCCCCC(C)(CCCC)CP(=O)(O)OP(=O)(O)OP(=O)(O)OP(=O)(O)OC. The fourth-order valence-corrected chi connectivity index (χ4v) is 8.97. The average molecular weight is 532 g/mol. The number of rotatable bonds is 18. The van der Waals surface area contributed by atoms with E-state index in [0.29, 0.717) is 20.0 Å². The van der Waals surface area contributed by atoms with Crippen molar-refractivity contribution in [3.05, 3.63) is 0 Å². The molecular weight excluding hydrogens is 496 g/mol. The van der Waals surface area contributed by atoms with E-state index in [9.17, 15) is 32.9 Å². The maximum Gasteiger partial charge on any atom is 0.490 e. The zero-order valence-electron chi connectivity index (χ0n) is 18.4. The van der Waals surface area contributed by atoms with Gasteiger partial charge < -0.3 is 19.6 Å². The van der Waals surface area contributed by atoms with Crippen LogP contribution in [0.15, 0.2) is 0 Å². The first-order valence-corrected chi connectivity index (χ1v) is 16.3. The molecule has 0 aliphatic carbocycles.